The number of nitrogens with one attached hydrogen (secondary N) is 1. The Morgan fingerprint density at radius 1 is 1.41 bits per heavy atom. The molecule has 0 spiro atoms. The normalized spacial score (nSPS) is 18.0. The lowest BCUT2D eigenvalue weighted by atomic mass is 10.1. The molecule has 1 fully saturated rings. The van der Waals surface area contributed by atoms with Crippen molar-refractivity contribution in [3.63, 3.8) is 0 Å². The van der Waals surface area contributed by atoms with Gasteiger partial charge in [-0.3, -0.25) is 4.79 Å². The van der Waals surface area contributed by atoms with Gasteiger partial charge in [-0.05, 0) is 18.6 Å². The van der Waals surface area contributed by atoms with E-state index in [-0.39, 0.29) is 5.91 Å². The van der Waals surface area contributed by atoms with Crippen LogP contribution in [-0.2, 0) is 4.79 Å². The molecule has 3 nitrogen and oxygen atoms in total. The van der Waals surface area contributed by atoms with Crippen LogP contribution >= 0.6 is 24.0 Å². The summed E-state index contributed by atoms with van der Waals surface area (Å²) in [6.45, 7) is 1.90. The molecule has 1 aromatic rings. The van der Waals surface area contributed by atoms with Crippen molar-refractivity contribution in [3.8, 4) is 5.75 Å². The van der Waals surface area contributed by atoms with Crippen molar-refractivity contribution in [3.05, 3.63) is 34.7 Å². The molecule has 17 heavy (non-hydrogen) atoms. The molecule has 5 heteroatoms. The van der Waals surface area contributed by atoms with Crippen molar-refractivity contribution in [2.24, 2.45) is 0 Å². The molecule has 88 valence electrons. The maximum atomic E-state index is 11.7. The molecule has 1 heterocycles. The molecular weight excluding hydrogens is 254 g/mol. The van der Waals surface area contributed by atoms with Gasteiger partial charge in [0.2, 0.25) is 0 Å². The molecule has 2 rings (SSSR count). The maximum absolute atomic E-state index is 11.7. The molecule has 0 aliphatic carbocycles. The highest BCUT2D eigenvalue weighted by Crippen LogP contribution is 2.35. The summed E-state index contributed by atoms with van der Waals surface area (Å²) in [6.07, 6.45) is 0. The fraction of sp³-hybridized carbons (Fsp3) is 0.167. The van der Waals surface area contributed by atoms with Crippen LogP contribution in [-0.4, -0.2) is 17.3 Å². The van der Waals surface area contributed by atoms with E-state index in [0.29, 0.717) is 9.23 Å². The van der Waals surface area contributed by atoms with E-state index in [2.05, 4.69) is 5.32 Å². The number of hydrogen-bond acceptors (Lipinski definition) is 4. The van der Waals surface area contributed by atoms with Crippen LogP contribution < -0.4 is 10.1 Å². The van der Waals surface area contributed by atoms with Crippen LogP contribution in [0.1, 0.15) is 12.5 Å². The van der Waals surface area contributed by atoms with Crippen LogP contribution in [0, 0.1) is 0 Å². The van der Waals surface area contributed by atoms with E-state index in [4.69, 9.17) is 17.0 Å². The quantitative estimate of drug-likeness (QED) is 0.659. The van der Waals surface area contributed by atoms with Crippen LogP contribution in [0.25, 0.3) is 5.57 Å². The number of carbonyl (C=O) groups excluding carboxylic acids is 1. The number of thioether (sulfide) groups is 1. The van der Waals surface area contributed by atoms with E-state index < -0.39 is 0 Å². The number of allylic oxidation sites excluding steroid dienone is 1. The zero-order chi connectivity index (χ0) is 12.4. The minimum atomic E-state index is -0.136. The smallest absolute Gasteiger partial charge is 0.263 e. The number of methoxy groups -OCH3 is 1. The van der Waals surface area contributed by atoms with E-state index in [1.165, 1.54) is 11.8 Å². The first-order valence-electron chi connectivity index (χ1n) is 5.01. The summed E-state index contributed by atoms with van der Waals surface area (Å²) in [5.41, 5.74) is 1.79. The zero-order valence-corrected chi connectivity index (χ0v) is 11.1. The molecular formula is C12H11NO2S2. The van der Waals surface area contributed by atoms with Crippen molar-refractivity contribution < 1.29 is 9.53 Å². The summed E-state index contributed by atoms with van der Waals surface area (Å²) < 4.78 is 5.78. The van der Waals surface area contributed by atoms with Crippen molar-refractivity contribution in [2.45, 2.75) is 6.92 Å². The number of benzene rings is 1. The standard InChI is InChI=1S/C12H11NO2S2/c1-7(10-11(14)13-12(16)17-10)8-5-3-4-6-9(8)15-2/h3-6H,1-2H3,(H,13,14,16)/b10-7+. The lowest BCUT2D eigenvalue weighted by Gasteiger charge is -2.09. The summed E-state index contributed by atoms with van der Waals surface area (Å²) in [5, 5.41) is 2.61. The molecule has 0 unspecified atom stereocenters. The van der Waals surface area contributed by atoms with Crippen molar-refractivity contribution >= 4 is 39.8 Å². The van der Waals surface area contributed by atoms with E-state index in [0.717, 1.165) is 16.9 Å². The van der Waals surface area contributed by atoms with Crippen LogP contribution in [0.5, 0.6) is 5.75 Å². The molecule has 0 radical (unpaired) electrons. The fourth-order valence-electron chi connectivity index (χ4n) is 1.64. The first-order valence-corrected chi connectivity index (χ1v) is 6.23. The maximum Gasteiger partial charge on any atom is 0.263 e. The average Bonchev–Trinajstić information content (AvgIpc) is 2.67. The number of amides is 1. The fourth-order valence-corrected chi connectivity index (χ4v) is 2.72. The van der Waals surface area contributed by atoms with Crippen LogP contribution in [0.15, 0.2) is 29.2 Å². The van der Waals surface area contributed by atoms with E-state index in [1.54, 1.807) is 7.11 Å². The van der Waals surface area contributed by atoms with Gasteiger partial charge in [-0.15, -0.1) is 0 Å². The highest BCUT2D eigenvalue weighted by Gasteiger charge is 2.25. The Morgan fingerprint density at radius 3 is 2.71 bits per heavy atom. The van der Waals surface area contributed by atoms with E-state index in [9.17, 15) is 4.79 Å². The van der Waals surface area contributed by atoms with E-state index in [1.807, 2.05) is 31.2 Å². The predicted octanol–water partition coefficient (Wildman–Crippen LogP) is 2.57. The van der Waals surface area contributed by atoms with Crippen LogP contribution in [0.2, 0.25) is 0 Å². The van der Waals surface area contributed by atoms with Gasteiger partial charge in [0.05, 0.1) is 12.0 Å². The summed E-state index contributed by atoms with van der Waals surface area (Å²) in [4.78, 5) is 12.3. The van der Waals surface area contributed by atoms with Gasteiger partial charge >= 0.3 is 0 Å². The lowest BCUT2D eigenvalue weighted by Crippen LogP contribution is -2.18. The van der Waals surface area contributed by atoms with Gasteiger partial charge < -0.3 is 10.1 Å². The highest BCUT2D eigenvalue weighted by molar-refractivity contribution is 8.26. The van der Waals surface area contributed by atoms with Gasteiger partial charge in [-0.2, -0.15) is 0 Å². The van der Waals surface area contributed by atoms with Crippen molar-refractivity contribution in [2.75, 3.05) is 7.11 Å². The Morgan fingerprint density at radius 2 is 2.12 bits per heavy atom. The predicted molar refractivity (Wildman–Crippen MR) is 73.9 cm³/mol. The van der Waals surface area contributed by atoms with Gasteiger partial charge in [-0.1, -0.05) is 42.2 Å². The molecule has 1 saturated heterocycles. The molecule has 0 saturated carbocycles. The summed E-state index contributed by atoms with van der Waals surface area (Å²) in [7, 11) is 1.61. The lowest BCUT2D eigenvalue weighted by molar-refractivity contribution is -0.115. The van der Waals surface area contributed by atoms with Gasteiger partial charge in [0.1, 0.15) is 10.1 Å². The number of hydrogen-bond donors (Lipinski definition) is 1. The second-order valence-electron chi connectivity index (χ2n) is 3.50. The molecule has 1 amide bonds. The third-order valence-electron chi connectivity index (χ3n) is 2.47. The molecule has 1 aliphatic heterocycles. The number of thiocarbonyl (C=S) groups is 1. The largest absolute Gasteiger partial charge is 0.496 e. The Balaban J connectivity index is 2.49. The third-order valence-corrected chi connectivity index (χ3v) is 3.80. The third kappa shape index (κ3) is 2.35. The first kappa shape index (κ1) is 12.1. The first-order chi connectivity index (χ1) is 8.13. The van der Waals surface area contributed by atoms with Gasteiger partial charge in [0, 0.05) is 5.56 Å². The van der Waals surface area contributed by atoms with Crippen molar-refractivity contribution in [1.29, 1.82) is 0 Å². The van der Waals surface area contributed by atoms with E-state index >= 15 is 0 Å². The molecule has 0 atom stereocenters. The topological polar surface area (TPSA) is 38.3 Å². The van der Waals surface area contributed by atoms with Crippen molar-refractivity contribution in [1.82, 2.24) is 5.32 Å². The van der Waals surface area contributed by atoms with Crippen LogP contribution in [0.3, 0.4) is 0 Å². The van der Waals surface area contributed by atoms with Gasteiger partial charge in [-0.25, -0.2) is 0 Å². The average molecular weight is 265 g/mol. The second-order valence-corrected chi connectivity index (χ2v) is 5.19. The second kappa shape index (κ2) is 4.89. The Kier molecular flexibility index (Phi) is 3.49. The van der Waals surface area contributed by atoms with Crippen LogP contribution in [0.4, 0.5) is 0 Å². The Hall–Kier alpha value is -1.33. The number of rotatable bonds is 2. The molecule has 1 N–H and O–H groups in total. The number of carbonyl (C=O) groups is 1. The highest BCUT2D eigenvalue weighted by atomic mass is 32.2. The minimum Gasteiger partial charge on any atom is -0.496 e. The monoisotopic (exact) mass is 265 g/mol. The Bertz CT molecular complexity index is 523. The summed E-state index contributed by atoms with van der Waals surface area (Å²) >= 11 is 6.26. The SMILES string of the molecule is COc1ccccc1/C(C)=C1/SC(=S)NC1=O. The molecule has 1 aliphatic rings. The Labute approximate surface area is 109 Å². The van der Waals surface area contributed by atoms with Gasteiger partial charge in [0.15, 0.2) is 0 Å². The van der Waals surface area contributed by atoms with Gasteiger partial charge in [0.25, 0.3) is 5.91 Å². The number of para-hydroxylation sites is 1. The summed E-state index contributed by atoms with van der Waals surface area (Å²) in [5.74, 6) is 0.618. The minimum absolute atomic E-state index is 0.136. The molecule has 1 aromatic carbocycles. The molecule has 0 bridgehead atoms. The zero-order valence-electron chi connectivity index (χ0n) is 9.44. The summed E-state index contributed by atoms with van der Waals surface area (Å²) in [6, 6.07) is 7.61. The number of ether oxygens (including phenoxy) is 1. The molecule has 0 aromatic heterocycles.